The van der Waals surface area contributed by atoms with Gasteiger partial charge < -0.3 is 4.57 Å². The van der Waals surface area contributed by atoms with Crippen LogP contribution in [0.2, 0.25) is 0 Å². The van der Waals surface area contributed by atoms with Crippen LogP contribution in [0.1, 0.15) is 208 Å². The Labute approximate surface area is 240 Å². The minimum absolute atomic E-state index is 0.367. The second-order valence-electron chi connectivity index (χ2n) is 13.5. The zero-order valence-corrected chi connectivity index (χ0v) is 29.5. The summed E-state index contributed by atoms with van der Waals surface area (Å²) >= 11 is 0. The lowest BCUT2D eigenvalue weighted by molar-refractivity contribution is 0.0883. The summed E-state index contributed by atoms with van der Waals surface area (Å²) in [6.07, 6.45) is 37.4. The zero-order chi connectivity index (χ0) is 27.7. The minimum atomic E-state index is 0.367. The second kappa shape index (κ2) is 25.2. The van der Waals surface area contributed by atoms with Crippen molar-refractivity contribution in [3.05, 3.63) is 0 Å². The van der Waals surface area contributed by atoms with Gasteiger partial charge in [0, 0.05) is 5.54 Å². The van der Waals surface area contributed by atoms with Crippen molar-refractivity contribution in [2.75, 3.05) is 6.54 Å². The number of unbranched alkanes of at least 4 members (excludes halogenated alkanes) is 18. The van der Waals surface area contributed by atoms with E-state index in [-0.39, 0.29) is 0 Å². The molecule has 224 valence electrons. The Hall–Kier alpha value is 0.177. The summed E-state index contributed by atoms with van der Waals surface area (Å²) < 4.78 is 2.89. The zero-order valence-electron chi connectivity index (χ0n) is 27.5. The fourth-order valence-electron chi connectivity index (χ4n) is 6.61. The third-order valence-electron chi connectivity index (χ3n) is 9.37. The Morgan fingerprint density at radius 3 is 1.08 bits per heavy atom. The highest BCUT2D eigenvalue weighted by Crippen LogP contribution is 2.45. The molecule has 0 saturated heterocycles. The van der Waals surface area contributed by atoms with Crippen molar-refractivity contribution in [2.45, 2.75) is 214 Å². The van der Waals surface area contributed by atoms with E-state index in [0.29, 0.717) is 11.0 Å². The van der Waals surface area contributed by atoms with Crippen molar-refractivity contribution < 1.29 is 0 Å². The van der Waals surface area contributed by atoms with E-state index in [1.807, 2.05) is 0 Å². The van der Waals surface area contributed by atoms with Crippen LogP contribution in [0.5, 0.6) is 0 Å². The summed E-state index contributed by atoms with van der Waals surface area (Å²) in [6, 6.07) is 0. The molecule has 0 atom stereocenters. The topological polar surface area (TPSA) is 3.24 Å². The molecule has 0 heterocycles. The Morgan fingerprint density at radius 2 is 0.730 bits per heavy atom. The van der Waals surface area contributed by atoms with Crippen molar-refractivity contribution in [3.63, 3.8) is 0 Å². The highest BCUT2D eigenvalue weighted by Gasteiger charge is 2.36. The Balaban J connectivity index is 4.89. The molecule has 0 unspecified atom stereocenters. The molecule has 0 aliphatic heterocycles. The van der Waals surface area contributed by atoms with Crippen molar-refractivity contribution in [1.29, 1.82) is 0 Å². The van der Waals surface area contributed by atoms with Crippen LogP contribution < -0.4 is 0 Å². The molecule has 37 heavy (non-hydrogen) atoms. The lowest BCUT2D eigenvalue weighted by Gasteiger charge is -2.46. The number of hydrogen-bond acceptors (Lipinski definition) is 1. The largest absolute Gasteiger partial charge is 0.327 e. The van der Waals surface area contributed by atoms with Gasteiger partial charge in [0.05, 0.1) is 10.4 Å². The second-order valence-corrected chi connectivity index (χ2v) is 14.6. The van der Waals surface area contributed by atoms with Crippen molar-refractivity contribution in [1.82, 2.24) is 4.57 Å². The van der Waals surface area contributed by atoms with E-state index in [4.69, 9.17) is 0 Å². The standard InChI is InChI=1S/C35H75NSi/c1-7-11-15-19-20-21-22-23-24-28-32-36(37)34(5,6)33-35(29-25-16-12-8-2,30-26-17-13-9-3)31-27-18-14-10-4/h7-33H2,1-6,37H3. The van der Waals surface area contributed by atoms with E-state index < -0.39 is 0 Å². The van der Waals surface area contributed by atoms with Gasteiger partial charge in [0.1, 0.15) is 0 Å². The van der Waals surface area contributed by atoms with Crippen LogP contribution in [-0.2, 0) is 0 Å². The maximum absolute atomic E-state index is 2.89. The first-order valence-electron chi connectivity index (χ1n) is 17.6. The van der Waals surface area contributed by atoms with Gasteiger partial charge in [-0.1, -0.05) is 163 Å². The summed E-state index contributed by atoms with van der Waals surface area (Å²) in [6.45, 7) is 15.9. The molecule has 0 aromatic carbocycles. The smallest absolute Gasteiger partial charge is 0.0791 e. The third-order valence-corrected chi connectivity index (χ3v) is 11.0. The number of nitrogens with zero attached hydrogens (tertiary/aromatic N) is 1. The van der Waals surface area contributed by atoms with E-state index in [1.165, 1.54) is 184 Å². The van der Waals surface area contributed by atoms with E-state index in [0.717, 1.165) is 0 Å². The summed E-state index contributed by atoms with van der Waals surface area (Å²) in [5.74, 6) is 0. The highest BCUT2D eigenvalue weighted by atomic mass is 28.2. The summed E-state index contributed by atoms with van der Waals surface area (Å²) in [5.41, 5.74) is 0.949. The molecule has 0 aliphatic rings. The SMILES string of the molecule is CCCCCCCCCCCCN([SiH3])C(C)(C)CC(CCCCCC)(CCCCCC)CCCCCC. The number of rotatable bonds is 29. The van der Waals surface area contributed by atoms with E-state index in [1.54, 1.807) is 0 Å². The Morgan fingerprint density at radius 1 is 0.432 bits per heavy atom. The van der Waals surface area contributed by atoms with Crippen molar-refractivity contribution in [2.24, 2.45) is 5.41 Å². The van der Waals surface area contributed by atoms with Gasteiger partial charge in [-0.25, -0.2) is 0 Å². The molecule has 0 rings (SSSR count). The molecule has 0 N–H and O–H groups in total. The van der Waals surface area contributed by atoms with Gasteiger partial charge in [-0.15, -0.1) is 0 Å². The van der Waals surface area contributed by atoms with Gasteiger partial charge >= 0.3 is 0 Å². The highest BCUT2D eigenvalue weighted by molar-refractivity contribution is 6.04. The molecule has 0 spiro atoms. The first-order chi connectivity index (χ1) is 17.9. The summed E-state index contributed by atoms with van der Waals surface area (Å²) in [4.78, 5) is 0. The van der Waals surface area contributed by atoms with Crippen LogP contribution in [0.4, 0.5) is 0 Å². The molecule has 0 aromatic heterocycles. The molecule has 0 bridgehead atoms. The maximum atomic E-state index is 2.89. The number of hydrogen-bond donors (Lipinski definition) is 0. The summed E-state index contributed by atoms with van der Waals surface area (Å²) in [5, 5.41) is 0. The molecule has 0 amide bonds. The van der Waals surface area contributed by atoms with Crippen LogP contribution in [0.15, 0.2) is 0 Å². The molecular formula is C35H75NSi. The fourth-order valence-corrected chi connectivity index (χ4v) is 7.09. The van der Waals surface area contributed by atoms with Gasteiger partial charge in [-0.3, -0.25) is 0 Å². The van der Waals surface area contributed by atoms with Crippen LogP contribution >= 0.6 is 0 Å². The van der Waals surface area contributed by atoms with Crippen LogP contribution in [0, 0.1) is 5.41 Å². The van der Waals surface area contributed by atoms with Gasteiger partial charge in [0.25, 0.3) is 0 Å². The minimum Gasteiger partial charge on any atom is -0.327 e. The van der Waals surface area contributed by atoms with Crippen molar-refractivity contribution >= 4 is 10.4 Å². The van der Waals surface area contributed by atoms with Crippen LogP contribution in [0.3, 0.4) is 0 Å². The molecule has 0 saturated carbocycles. The lowest BCUT2D eigenvalue weighted by atomic mass is 9.67. The normalized spacial score (nSPS) is 12.7. The van der Waals surface area contributed by atoms with E-state index in [9.17, 15) is 0 Å². The first kappa shape index (κ1) is 37.2. The molecule has 1 nitrogen and oxygen atoms in total. The monoisotopic (exact) mass is 538 g/mol. The molecule has 0 radical (unpaired) electrons. The van der Waals surface area contributed by atoms with Crippen LogP contribution in [0.25, 0.3) is 0 Å². The first-order valence-corrected chi connectivity index (χ1v) is 18.5. The fraction of sp³-hybridized carbons (Fsp3) is 1.00. The van der Waals surface area contributed by atoms with Gasteiger partial charge in [0.15, 0.2) is 0 Å². The predicted octanol–water partition coefficient (Wildman–Crippen LogP) is 11.6. The van der Waals surface area contributed by atoms with Gasteiger partial charge in [-0.05, 0) is 57.9 Å². The van der Waals surface area contributed by atoms with Gasteiger partial charge in [0.2, 0.25) is 0 Å². The van der Waals surface area contributed by atoms with Crippen molar-refractivity contribution in [3.8, 4) is 0 Å². The lowest BCUT2D eigenvalue weighted by Crippen LogP contribution is -2.47. The van der Waals surface area contributed by atoms with Gasteiger partial charge in [-0.2, -0.15) is 0 Å². The predicted molar refractivity (Wildman–Crippen MR) is 176 cm³/mol. The third kappa shape index (κ3) is 20.7. The Kier molecular flexibility index (Phi) is 25.3. The average molecular weight is 538 g/mol. The molecule has 0 fully saturated rings. The quantitative estimate of drug-likeness (QED) is 0.0677. The van der Waals surface area contributed by atoms with E-state index in [2.05, 4.69) is 46.1 Å². The maximum Gasteiger partial charge on any atom is 0.0791 e. The summed E-state index contributed by atoms with van der Waals surface area (Å²) in [7, 11) is 1.21. The molecule has 0 aliphatic carbocycles. The molecule has 0 aromatic rings. The van der Waals surface area contributed by atoms with E-state index >= 15 is 0 Å². The van der Waals surface area contributed by atoms with Crippen LogP contribution in [-0.4, -0.2) is 27.1 Å². The average Bonchev–Trinajstić information content (AvgIpc) is 2.88. The molecule has 2 heteroatoms. The molecular weight excluding hydrogens is 462 g/mol. The Bertz CT molecular complexity index is 429.